The minimum Gasteiger partial charge on any atom is -0.495 e. The molecule has 0 saturated carbocycles. The molecule has 0 aliphatic carbocycles. The van der Waals surface area contributed by atoms with Crippen molar-refractivity contribution in [3.63, 3.8) is 0 Å². The number of methoxy groups -OCH3 is 1. The number of anilines is 2. The molecule has 2 aromatic carbocycles. The average Bonchev–Trinajstić information content (AvgIpc) is 3.05. The minimum absolute atomic E-state index is 0.0597. The van der Waals surface area contributed by atoms with Crippen LogP contribution in [0.2, 0.25) is 0 Å². The van der Waals surface area contributed by atoms with Gasteiger partial charge in [-0.15, -0.1) is 0 Å². The normalized spacial score (nSPS) is 16.3. The molecule has 1 aliphatic heterocycles. The molecule has 3 rings (SSSR count). The topological polar surface area (TPSA) is 67.9 Å². The number of aryl methyl sites for hydroxylation is 1. The molecular formula is C21H24N2O4. The highest BCUT2D eigenvalue weighted by Crippen LogP contribution is 2.30. The fourth-order valence-corrected chi connectivity index (χ4v) is 3.18. The van der Waals surface area contributed by atoms with E-state index in [-0.39, 0.29) is 18.2 Å². The van der Waals surface area contributed by atoms with Crippen LogP contribution < -0.4 is 19.7 Å². The van der Waals surface area contributed by atoms with E-state index in [0.717, 1.165) is 17.0 Å². The molecule has 0 aromatic heterocycles. The van der Waals surface area contributed by atoms with Crippen LogP contribution in [0.4, 0.5) is 11.4 Å². The van der Waals surface area contributed by atoms with E-state index in [2.05, 4.69) is 5.32 Å². The zero-order valence-electron chi connectivity index (χ0n) is 15.8. The maximum absolute atomic E-state index is 12.7. The van der Waals surface area contributed by atoms with Gasteiger partial charge in [0.15, 0.2) is 0 Å². The van der Waals surface area contributed by atoms with Gasteiger partial charge in [-0.3, -0.25) is 9.59 Å². The second-order valence-electron chi connectivity index (χ2n) is 6.53. The molecule has 2 amide bonds. The van der Waals surface area contributed by atoms with Gasteiger partial charge in [0.1, 0.15) is 11.5 Å². The van der Waals surface area contributed by atoms with Gasteiger partial charge in [0, 0.05) is 18.7 Å². The summed E-state index contributed by atoms with van der Waals surface area (Å²) in [7, 11) is 1.56. The fraction of sp³-hybridized carbons (Fsp3) is 0.333. The number of hydrogen-bond donors (Lipinski definition) is 1. The number of benzene rings is 2. The van der Waals surface area contributed by atoms with Crippen molar-refractivity contribution in [2.75, 3.05) is 30.5 Å². The molecule has 142 valence electrons. The van der Waals surface area contributed by atoms with Crippen molar-refractivity contribution in [3.8, 4) is 11.5 Å². The van der Waals surface area contributed by atoms with Crippen molar-refractivity contribution < 1.29 is 19.1 Å². The van der Waals surface area contributed by atoms with Crippen molar-refractivity contribution in [2.45, 2.75) is 20.3 Å². The molecule has 27 heavy (non-hydrogen) atoms. The monoisotopic (exact) mass is 368 g/mol. The molecule has 1 atom stereocenters. The molecule has 0 bridgehead atoms. The number of ether oxygens (including phenoxy) is 2. The Balaban J connectivity index is 1.69. The van der Waals surface area contributed by atoms with Gasteiger partial charge in [-0.05, 0) is 55.8 Å². The van der Waals surface area contributed by atoms with E-state index in [1.807, 2.05) is 56.3 Å². The van der Waals surface area contributed by atoms with Crippen LogP contribution in [0.3, 0.4) is 0 Å². The lowest BCUT2D eigenvalue weighted by Crippen LogP contribution is -2.28. The summed E-state index contributed by atoms with van der Waals surface area (Å²) < 4.78 is 10.7. The average molecular weight is 368 g/mol. The summed E-state index contributed by atoms with van der Waals surface area (Å²) in [6, 6.07) is 12.9. The zero-order chi connectivity index (χ0) is 19.4. The third kappa shape index (κ3) is 4.22. The first-order valence-electron chi connectivity index (χ1n) is 9.00. The summed E-state index contributed by atoms with van der Waals surface area (Å²) in [6.45, 7) is 4.81. The third-order valence-electron chi connectivity index (χ3n) is 4.57. The van der Waals surface area contributed by atoms with Crippen LogP contribution in [0.15, 0.2) is 42.5 Å². The maximum atomic E-state index is 12.7. The Morgan fingerprint density at radius 2 is 1.96 bits per heavy atom. The molecule has 0 radical (unpaired) electrons. The van der Waals surface area contributed by atoms with Gasteiger partial charge >= 0.3 is 0 Å². The number of nitrogens with one attached hydrogen (secondary N) is 1. The van der Waals surface area contributed by atoms with Gasteiger partial charge in [0.05, 0.1) is 25.3 Å². The first kappa shape index (κ1) is 18.8. The molecular weight excluding hydrogens is 344 g/mol. The minimum atomic E-state index is -0.408. The molecule has 1 fully saturated rings. The number of nitrogens with zero attached hydrogens (tertiary/aromatic N) is 1. The molecule has 1 aliphatic rings. The van der Waals surface area contributed by atoms with Crippen LogP contribution in [0, 0.1) is 12.8 Å². The molecule has 1 heterocycles. The molecule has 1 N–H and O–H groups in total. The van der Waals surface area contributed by atoms with Gasteiger partial charge in [0.25, 0.3) is 0 Å². The van der Waals surface area contributed by atoms with Crippen LogP contribution in [-0.4, -0.2) is 32.1 Å². The van der Waals surface area contributed by atoms with Gasteiger partial charge in [0.2, 0.25) is 11.8 Å². The van der Waals surface area contributed by atoms with Gasteiger partial charge in [-0.25, -0.2) is 0 Å². The van der Waals surface area contributed by atoms with E-state index >= 15 is 0 Å². The molecule has 6 nitrogen and oxygen atoms in total. The van der Waals surface area contributed by atoms with Gasteiger partial charge in [-0.1, -0.05) is 6.07 Å². The molecule has 6 heteroatoms. The Labute approximate surface area is 159 Å². The molecule has 1 unspecified atom stereocenters. The SMILES string of the molecule is CCOc1ccc(N2CC(C(=O)Nc3cc(C)ccc3OC)CC2=O)cc1. The van der Waals surface area contributed by atoms with E-state index in [4.69, 9.17) is 9.47 Å². The molecule has 2 aromatic rings. The Kier molecular flexibility index (Phi) is 5.64. The quantitative estimate of drug-likeness (QED) is 0.849. The summed E-state index contributed by atoms with van der Waals surface area (Å²) in [6.07, 6.45) is 0.188. The van der Waals surface area contributed by atoms with Crippen LogP contribution in [0.1, 0.15) is 18.9 Å². The Bertz CT molecular complexity index is 833. The van der Waals surface area contributed by atoms with E-state index in [0.29, 0.717) is 24.6 Å². The summed E-state index contributed by atoms with van der Waals surface area (Å²) in [5, 5.41) is 2.90. The van der Waals surface area contributed by atoms with Crippen molar-refractivity contribution in [3.05, 3.63) is 48.0 Å². The summed E-state index contributed by atoms with van der Waals surface area (Å²) in [5.74, 6) is 0.709. The second kappa shape index (κ2) is 8.12. The van der Waals surface area contributed by atoms with E-state index in [9.17, 15) is 9.59 Å². The highest BCUT2D eigenvalue weighted by Gasteiger charge is 2.35. The summed E-state index contributed by atoms with van der Waals surface area (Å²) >= 11 is 0. The lowest BCUT2D eigenvalue weighted by atomic mass is 10.1. The Morgan fingerprint density at radius 1 is 1.22 bits per heavy atom. The van der Waals surface area contributed by atoms with Crippen LogP contribution in [0.25, 0.3) is 0 Å². The predicted octanol–water partition coefficient (Wildman–Crippen LogP) is 3.39. The highest BCUT2D eigenvalue weighted by molar-refractivity contribution is 6.04. The van der Waals surface area contributed by atoms with E-state index in [1.54, 1.807) is 12.0 Å². The lowest BCUT2D eigenvalue weighted by Gasteiger charge is -2.17. The first-order valence-corrected chi connectivity index (χ1v) is 9.00. The van der Waals surface area contributed by atoms with E-state index in [1.165, 1.54) is 0 Å². The zero-order valence-corrected chi connectivity index (χ0v) is 15.8. The number of rotatable bonds is 6. The smallest absolute Gasteiger partial charge is 0.229 e. The first-order chi connectivity index (χ1) is 13.0. The van der Waals surface area contributed by atoms with E-state index < -0.39 is 5.92 Å². The van der Waals surface area contributed by atoms with Crippen LogP contribution >= 0.6 is 0 Å². The van der Waals surface area contributed by atoms with Gasteiger partial charge < -0.3 is 19.7 Å². The Morgan fingerprint density at radius 3 is 2.63 bits per heavy atom. The predicted molar refractivity (Wildman–Crippen MR) is 104 cm³/mol. The number of carbonyl (C=O) groups excluding carboxylic acids is 2. The summed E-state index contributed by atoms with van der Waals surface area (Å²) in [4.78, 5) is 26.8. The van der Waals surface area contributed by atoms with Crippen LogP contribution in [0.5, 0.6) is 11.5 Å². The second-order valence-corrected chi connectivity index (χ2v) is 6.53. The van der Waals surface area contributed by atoms with Crippen molar-refractivity contribution >= 4 is 23.2 Å². The lowest BCUT2D eigenvalue weighted by molar-refractivity contribution is -0.122. The number of hydrogen-bond acceptors (Lipinski definition) is 4. The standard InChI is InChI=1S/C21H24N2O4/c1-4-27-17-8-6-16(7-9-17)23-13-15(12-20(23)24)21(25)22-18-11-14(2)5-10-19(18)26-3/h5-11,15H,4,12-13H2,1-3H3,(H,22,25). The highest BCUT2D eigenvalue weighted by atomic mass is 16.5. The van der Waals surface area contributed by atoms with Crippen LogP contribution in [-0.2, 0) is 9.59 Å². The molecule has 0 spiro atoms. The maximum Gasteiger partial charge on any atom is 0.229 e. The molecule has 1 saturated heterocycles. The largest absolute Gasteiger partial charge is 0.495 e. The third-order valence-corrected chi connectivity index (χ3v) is 4.57. The van der Waals surface area contributed by atoms with Crippen molar-refractivity contribution in [1.82, 2.24) is 0 Å². The number of amides is 2. The van der Waals surface area contributed by atoms with Gasteiger partial charge in [-0.2, -0.15) is 0 Å². The Hall–Kier alpha value is -3.02. The van der Waals surface area contributed by atoms with Crippen molar-refractivity contribution in [1.29, 1.82) is 0 Å². The fourth-order valence-electron chi connectivity index (χ4n) is 3.18. The van der Waals surface area contributed by atoms with Crippen molar-refractivity contribution in [2.24, 2.45) is 5.92 Å². The number of carbonyl (C=O) groups is 2. The summed E-state index contributed by atoms with van der Waals surface area (Å²) in [5.41, 5.74) is 2.41.